The smallest absolute Gasteiger partial charge is 0.0195 e. The summed E-state index contributed by atoms with van der Waals surface area (Å²) in [4.78, 5) is 0. The highest BCUT2D eigenvalue weighted by molar-refractivity contribution is 5.39. The topological polar surface area (TPSA) is 0 Å². The first-order chi connectivity index (χ1) is 7.62. The van der Waals surface area contributed by atoms with Crippen molar-refractivity contribution >= 4 is 0 Å². The Morgan fingerprint density at radius 1 is 0.938 bits per heavy atom. The molecule has 0 aliphatic heterocycles. The van der Waals surface area contributed by atoms with Crippen molar-refractivity contribution in [2.45, 2.75) is 32.6 Å². The van der Waals surface area contributed by atoms with E-state index in [4.69, 9.17) is 0 Å². The summed E-state index contributed by atoms with van der Waals surface area (Å²) in [6.07, 6.45) is 10.2. The Labute approximate surface area is 98.7 Å². The van der Waals surface area contributed by atoms with E-state index in [-0.39, 0.29) is 10.8 Å². The molecule has 0 saturated carbocycles. The minimum atomic E-state index is 0.109. The van der Waals surface area contributed by atoms with E-state index in [1.54, 1.807) is 0 Å². The molecule has 1 aliphatic carbocycles. The van der Waals surface area contributed by atoms with E-state index in [1.807, 2.05) is 0 Å². The van der Waals surface area contributed by atoms with Crippen LogP contribution < -0.4 is 0 Å². The molecule has 0 fully saturated rings. The fourth-order valence-corrected chi connectivity index (χ4v) is 2.57. The van der Waals surface area contributed by atoms with Gasteiger partial charge in [-0.1, -0.05) is 75.4 Å². The molecule has 0 bridgehead atoms. The first-order valence-electron chi connectivity index (χ1n) is 6.05. The van der Waals surface area contributed by atoms with E-state index in [9.17, 15) is 0 Å². The molecule has 0 heteroatoms. The van der Waals surface area contributed by atoms with E-state index in [1.165, 1.54) is 5.56 Å². The Balaban J connectivity index is 2.52. The third kappa shape index (κ3) is 1.53. The van der Waals surface area contributed by atoms with Gasteiger partial charge in [-0.05, 0) is 17.4 Å². The Hall–Kier alpha value is -1.30. The molecular formula is C16H20. The van der Waals surface area contributed by atoms with Crippen molar-refractivity contribution in [3.05, 3.63) is 60.2 Å². The van der Waals surface area contributed by atoms with Crippen LogP contribution in [0.5, 0.6) is 0 Å². The third-order valence-corrected chi connectivity index (χ3v) is 4.30. The van der Waals surface area contributed by atoms with Gasteiger partial charge in [0.1, 0.15) is 0 Å². The van der Waals surface area contributed by atoms with Crippen LogP contribution in [-0.2, 0) is 5.41 Å². The maximum absolute atomic E-state index is 2.35. The molecule has 0 nitrogen and oxygen atoms in total. The van der Waals surface area contributed by atoms with Gasteiger partial charge in [0.2, 0.25) is 0 Å². The summed E-state index contributed by atoms with van der Waals surface area (Å²) in [6, 6.07) is 10.8. The Kier molecular flexibility index (Phi) is 2.75. The molecule has 0 aromatic heterocycles. The second-order valence-corrected chi connectivity index (χ2v) is 5.06. The van der Waals surface area contributed by atoms with Gasteiger partial charge < -0.3 is 0 Å². The van der Waals surface area contributed by atoms with E-state index in [2.05, 4.69) is 75.4 Å². The summed E-state index contributed by atoms with van der Waals surface area (Å²) in [7, 11) is 0. The van der Waals surface area contributed by atoms with Gasteiger partial charge in [-0.15, -0.1) is 0 Å². The Bertz CT molecular complexity index is 413. The van der Waals surface area contributed by atoms with Gasteiger partial charge in [0.25, 0.3) is 0 Å². The van der Waals surface area contributed by atoms with Crippen LogP contribution in [0.4, 0.5) is 0 Å². The molecule has 2 unspecified atom stereocenters. The fraction of sp³-hybridized carbons (Fsp3) is 0.375. The van der Waals surface area contributed by atoms with E-state index >= 15 is 0 Å². The normalized spacial score (nSPS) is 32.9. The highest BCUT2D eigenvalue weighted by atomic mass is 14.4. The number of hydrogen-bond donors (Lipinski definition) is 0. The maximum atomic E-state index is 2.35. The molecule has 1 aliphatic rings. The molecule has 16 heavy (non-hydrogen) atoms. The number of benzene rings is 1. The van der Waals surface area contributed by atoms with Crippen LogP contribution >= 0.6 is 0 Å². The summed E-state index contributed by atoms with van der Waals surface area (Å²) >= 11 is 0. The predicted octanol–water partition coefficient (Wildman–Crippen LogP) is 4.49. The molecule has 0 radical (unpaired) electrons. The lowest BCUT2D eigenvalue weighted by atomic mass is 9.59. The highest BCUT2D eigenvalue weighted by Gasteiger charge is 2.41. The Morgan fingerprint density at radius 2 is 1.56 bits per heavy atom. The standard InChI is InChI=1S/C16H20/c1-4-15(2)12-8-9-13-16(15,3)14-10-6-5-7-11-14/h5-13H,4H2,1-3H3. The second kappa shape index (κ2) is 3.93. The van der Waals surface area contributed by atoms with Crippen LogP contribution in [0.3, 0.4) is 0 Å². The van der Waals surface area contributed by atoms with Crippen molar-refractivity contribution in [3.8, 4) is 0 Å². The van der Waals surface area contributed by atoms with E-state index in [0.717, 1.165) is 6.42 Å². The Morgan fingerprint density at radius 3 is 2.19 bits per heavy atom. The average molecular weight is 212 g/mol. The summed E-state index contributed by atoms with van der Waals surface area (Å²) < 4.78 is 0. The first kappa shape index (κ1) is 11.2. The van der Waals surface area contributed by atoms with Crippen LogP contribution in [0.25, 0.3) is 0 Å². The molecule has 2 atom stereocenters. The van der Waals surface area contributed by atoms with E-state index in [0.29, 0.717) is 0 Å². The monoisotopic (exact) mass is 212 g/mol. The van der Waals surface area contributed by atoms with Crippen LogP contribution in [0.1, 0.15) is 32.8 Å². The van der Waals surface area contributed by atoms with Crippen molar-refractivity contribution in [1.29, 1.82) is 0 Å². The highest BCUT2D eigenvalue weighted by Crippen LogP contribution is 2.48. The van der Waals surface area contributed by atoms with Crippen molar-refractivity contribution in [2.75, 3.05) is 0 Å². The quantitative estimate of drug-likeness (QED) is 0.677. The third-order valence-electron chi connectivity index (χ3n) is 4.30. The van der Waals surface area contributed by atoms with Gasteiger partial charge in [-0.2, -0.15) is 0 Å². The minimum Gasteiger partial charge on any atom is -0.0774 e. The van der Waals surface area contributed by atoms with Crippen molar-refractivity contribution in [2.24, 2.45) is 5.41 Å². The molecule has 84 valence electrons. The van der Waals surface area contributed by atoms with Gasteiger partial charge in [0.15, 0.2) is 0 Å². The fourth-order valence-electron chi connectivity index (χ4n) is 2.57. The molecule has 0 amide bonds. The van der Waals surface area contributed by atoms with Crippen LogP contribution in [0.2, 0.25) is 0 Å². The molecule has 0 heterocycles. The zero-order valence-electron chi connectivity index (χ0n) is 10.4. The first-order valence-corrected chi connectivity index (χ1v) is 6.05. The largest absolute Gasteiger partial charge is 0.0774 e. The summed E-state index contributed by atoms with van der Waals surface area (Å²) in [5.74, 6) is 0. The zero-order valence-corrected chi connectivity index (χ0v) is 10.4. The molecule has 0 N–H and O–H groups in total. The lowest BCUT2D eigenvalue weighted by molar-refractivity contribution is 0.259. The predicted molar refractivity (Wildman–Crippen MR) is 70.5 cm³/mol. The van der Waals surface area contributed by atoms with Gasteiger partial charge in [-0.25, -0.2) is 0 Å². The second-order valence-electron chi connectivity index (χ2n) is 5.06. The van der Waals surface area contributed by atoms with Crippen molar-refractivity contribution < 1.29 is 0 Å². The summed E-state index contributed by atoms with van der Waals surface area (Å²) in [6.45, 7) is 6.95. The van der Waals surface area contributed by atoms with Gasteiger partial charge in [0, 0.05) is 5.41 Å². The summed E-state index contributed by atoms with van der Waals surface area (Å²) in [5, 5.41) is 0. The molecule has 1 aromatic carbocycles. The molecular weight excluding hydrogens is 192 g/mol. The van der Waals surface area contributed by atoms with E-state index < -0.39 is 0 Å². The van der Waals surface area contributed by atoms with Gasteiger partial charge in [0.05, 0.1) is 0 Å². The lowest BCUT2D eigenvalue weighted by Crippen LogP contribution is -2.39. The lowest BCUT2D eigenvalue weighted by Gasteiger charge is -2.44. The number of rotatable bonds is 2. The average Bonchev–Trinajstić information content (AvgIpc) is 2.34. The van der Waals surface area contributed by atoms with Crippen molar-refractivity contribution in [1.82, 2.24) is 0 Å². The number of allylic oxidation sites excluding steroid dienone is 4. The SMILES string of the molecule is CCC1(C)C=CC=CC1(C)c1ccccc1. The van der Waals surface area contributed by atoms with Crippen molar-refractivity contribution in [3.63, 3.8) is 0 Å². The molecule has 0 spiro atoms. The number of hydrogen-bond acceptors (Lipinski definition) is 0. The van der Waals surface area contributed by atoms with Gasteiger partial charge >= 0.3 is 0 Å². The molecule has 1 aromatic rings. The van der Waals surface area contributed by atoms with Crippen LogP contribution in [-0.4, -0.2) is 0 Å². The zero-order chi connectivity index (χ0) is 11.6. The summed E-state index contributed by atoms with van der Waals surface area (Å²) in [5.41, 5.74) is 1.72. The minimum absolute atomic E-state index is 0.109. The van der Waals surface area contributed by atoms with Gasteiger partial charge in [-0.3, -0.25) is 0 Å². The van der Waals surface area contributed by atoms with Crippen LogP contribution in [0, 0.1) is 5.41 Å². The molecule has 0 saturated heterocycles. The maximum Gasteiger partial charge on any atom is 0.0195 e. The molecule has 2 rings (SSSR count). The van der Waals surface area contributed by atoms with Crippen LogP contribution in [0.15, 0.2) is 54.6 Å².